The Bertz CT molecular complexity index is 1320. The third kappa shape index (κ3) is 13.6. The van der Waals surface area contributed by atoms with Crippen LogP contribution in [-0.2, 0) is 14.5 Å². The Kier molecular flexibility index (Phi) is 17.2. The first-order valence-corrected chi connectivity index (χ1v) is 24.1. The maximum absolute atomic E-state index is 11.1. The molecule has 2 unspecified atom stereocenters. The Balaban J connectivity index is 1.36. The number of carboxylic acid groups (broad SMARTS) is 1. The lowest BCUT2D eigenvalue weighted by atomic mass is 9.71. The van der Waals surface area contributed by atoms with E-state index in [9.17, 15) is 4.79 Å². The van der Waals surface area contributed by atoms with E-state index in [-0.39, 0.29) is 40.7 Å². The summed E-state index contributed by atoms with van der Waals surface area (Å²) in [5.74, 6) is 1.84. The molecule has 2 atom stereocenters. The summed E-state index contributed by atoms with van der Waals surface area (Å²) in [6, 6.07) is 0.382. The Hall–Kier alpha value is -2.28. The van der Waals surface area contributed by atoms with Crippen LogP contribution in [0.25, 0.3) is 0 Å². The van der Waals surface area contributed by atoms with Crippen LogP contribution in [0.3, 0.4) is 0 Å². The van der Waals surface area contributed by atoms with E-state index in [4.69, 9.17) is 29.7 Å². The number of nitrogens with one attached hydrogen (secondary N) is 3. The average molecular weight is 827 g/mol. The molecule has 2 saturated carbocycles. The van der Waals surface area contributed by atoms with Crippen LogP contribution in [0.4, 0.5) is 17.8 Å². The van der Waals surface area contributed by atoms with Crippen molar-refractivity contribution in [2.75, 3.05) is 22.5 Å². The van der Waals surface area contributed by atoms with Gasteiger partial charge in [-0.15, -0.1) is 0 Å². The zero-order chi connectivity index (χ0) is 42.8. The summed E-state index contributed by atoms with van der Waals surface area (Å²) in [7, 11) is 0. The van der Waals surface area contributed by atoms with Gasteiger partial charge in [-0.1, -0.05) is 71.6 Å². The van der Waals surface area contributed by atoms with Crippen LogP contribution < -0.4 is 16.0 Å². The third-order valence-corrected chi connectivity index (χ3v) is 13.8. The second-order valence-electron chi connectivity index (χ2n) is 21.4. The molecule has 1 aromatic heterocycles. The molecule has 3 heterocycles. The van der Waals surface area contributed by atoms with Crippen molar-refractivity contribution in [1.29, 1.82) is 0 Å². The molecule has 2 aliphatic carbocycles. The number of hydrogen-bond acceptors (Lipinski definition) is 11. The molecule has 2 saturated heterocycles. The molecule has 12 heteroatoms. The van der Waals surface area contributed by atoms with Crippen molar-refractivity contribution in [2.24, 2.45) is 11.8 Å². The zero-order valence-corrected chi connectivity index (χ0v) is 39.1. The third-order valence-electron chi connectivity index (χ3n) is 13.8. The van der Waals surface area contributed by atoms with Gasteiger partial charge in [-0.3, -0.25) is 14.5 Å². The minimum atomic E-state index is -0.742. The first-order valence-electron chi connectivity index (χ1n) is 24.1. The quantitative estimate of drug-likeness (QED) is 0.0878. The van der Waals surface area contributed by atoms with Gasteiger partial charge in [0.25, 0.3) is 0 Å². The summed E-state index contributed by atoms with van der Waals surface area (Å²) in [5.41, 5.74) is -0.489. The van der Waals surface area contributed by atoms with Crippen LogP contribution in [0.2, 0.25) is 0 Å². The highest BCUT2D eigenvalue weighted by molar-refractivity contribution is 5.66. The predicted octanol–water partition coefficient (Wildman–Crippen LogP) is 11.2. The van der Waals surface area contributed by atoms with Gasteiger partial charge in [0.2, 0.25) is 17.8 Å². The molecule has 4 N–H and O–H groups in total. The summed E-state index contributed by atoms with van der Waals surface area (Å²) in [5, 5.41) is 25.1. The summed E-state index contributed by atoms with van der Waals surface area (Å²) in [4.78, 5) is 40.0. The SMILES string of the molecule is CCCC(Nc1nc(NCCCCCC(=O)O)nc(NC(CCC)C2CC(C)(C)N(OC3CCCCC3)C(C)(C)C2)n1)C1CC(C)(C)N(OC2CCCCC2)C(C)(C)C1. The molecule has 1 aromatic rings. The molecule has 4 fully saturated rings. The number of piperidine rings is 2. The van der Waals surface area contributed by atoms with Crippen molar-refractivity contribution < 1.29 is 19.6 Å². The van der Waals surface area contributed by atoms with Crippen LogP contribution in [0.5, 0.6) is 0 Å². The zero-order valence-electron chi connectivity index (χ0n) is 39.1. The number of nitrogens with zero attached hydrogens (tertiary/aromatic N) is 5. The van der Waals surface area contributed by atoms with Crippen molar-refractivity contribution >= 4 is 23.8 Å². The Labute approximate surface area is 358 Å². The van der Waals surface area contributed by atoms with Crippen molar-refractivity contribution in [3.05, 3.63) is 0 Å². The van der Waals surface area contributed by atoms with Gasteiger partial charge in [-0.25, -0.2) is 0 Å². The van der Waals surface area contributed by atoms with Gasteiger partial charge >= 0.3 is 5.97 Å². The van der Waals surface area contributed by atoms with E-state index in [0.29, 0.717) is 54.9 Å². The van der Waals surface area contributed by atoms with Crippen LogP contribution in [0.15, 0.2) is 0 Å². The molecule has 59 heavy (non-hydrogen) atoms. The lowest BCUT2D eigenvalue weighted by Gasteiger charge is -2.56. The maximum Gasteiger partial charge on any atom is 0.303 e. The topological polar surface area (TPSA) is 137 Å². The summed E-state index contributed by atoms with van der Waals surface area (Å²) < 4.78 is 0. The molecular weight excluding hydrogens is 741 g/mol. The van der Waals surface area contributed by atoms with Gasteiger partial charge in [0.05, 0.1) is 12.2 Å². The van der Waals surface area contributed by atoms with Gasteiger partial charge in [0, 0.05) is 47.2 Å². The molecule has 0 bridgehead atoms. The first kappa shape index (κ1) is 47.8. The van der Waals surface area contributed by atoms with E-state index in [1.165, 1.54) is 38.5 Å². The Morgan fingerprint density at radius 1 is 0.627 bits per heavy atom. The summed E-state index contributed by atoms with van der Waals surface area (Å²) in [6.07, 6.45) is 23.7. The molecule has 2 aliphatic heterocycles. The fourth-order valence-electron chi connectivity index (χ4n) is 11.6. The maximum atomic E-state index is 11.1. The largest absolute Gasteiger partial charge is 0.481 e. The number of carboxylic acids is 1. The molecule has 5 rings (SSSR count). The van der Waals surface area contributed by atoms with E-state index >= 15 is 0 Å². The molecule has 0 spiro atoms. The van der Waals surface area contributed by atoms with E-state index in [2.05, 4.69) is 95.3 Å². The highest BCUT2D eigenvalue weighted by Gasteiger charge is 2.50. The molecule has 338 valence electrons. The lowest BCUT2D eigenvalue weighted by Crippen LogP contribution is -2.63. The lowest BCUT2D eigenvalue weighted by molar-refractivity contribution is -0.314. The fraction of sp³-hybridized carbons (Fsp3) is 0.915. The van der Waals surface area contributed by atoms with Crippen LogP contribution in [0.1, 0.15) is 210 Å². The van der Waals surface area contributed by atoms with Crippen molar-refractivity contribution in [3.8, 4) is 0 Å². The smallest absolute Gasteiger partial charge is 0.303 e. The van der Waals surface area contributed by atoms with Crippen LogP contribution in [-0.4, -0.2) is 89.1 Å². The monoisotopic (exact) mass is 827 g/mol. The minimum absolute atomic E-state index is 0.122. The summed E-state index contributed by atoms with van der Waals surface area (Å²) >= 11 is 0. The van der Waals surface area contributed by atoms with Gasteiger partial charge in [-0.05, 0) is 144 Å². The molecule has 0 radical (unpaired) electrons. The van der Waals surface area contributed by atoms with Crippen molar-refractivity contribution in [1.82, 2.24) is 25.1 Å². The highest BCUT2D eigenvalue weighted by atomic mass is 16.7. The van der Waals surface area contributed by atoms with Gasteiger partial charge < -0.3 is 21.1 Å². The predicted molar refractivity (Wildman–Crippen MR) is 240 cm³/mol. The number of anilines is 3. The van der Waals surface area contributed by atoms with E-state index in [1.54, 1.807) is 0 Å². The van der Waals surface area contributed by atoms with Gasteiger partial charge in [0.1, 0.15) is 0 Å². The second-order valence-corrected chi connectivity index (χ2v) is 21.4. The molecule has 0 amide bonds. The van der Waals surface area contributed by atoms with Crippen molar-refractivity contribution in [2.45, 2.75) is 257 Å². The van der Waals surface area contributed by atoms with Gasteiger partial charge in [0.15, 0.2) is 0 Å². The van der Waals surface area contributed by atoms with Crippen LogP contribution >= 0.6 is 0 Å². The first-order chi connectivity index (χ1) is 27.9. The number of unbranched alkanes of at least 4 members (excludes halogenated alkanes) is 2. The number of hydroxylamine groups is 4. The fourth-order valence-corrected chi connectivity index (χ4v) is 11.6. The standard InChI is InChI=1S/C47H86N8O4/c1-11-22-38(34-30-44(3,4)54(45(5,6)31-34)58-36-24-16-13-17-25-36)49-42-51-41(48-29-21-15-20-28-40(56)57)52-43(53-42)50-39(23-12-2)35-32-46(7,8)55(47(9,10)33-35)59-37-26-18-14-19-27-37/h34-39H,11-33H2,1-10H3,(H,56,57)(H3,48,49,50,51,52,53). The number of aromatic nitrogens is 3. The number of rotatable bonds is 21. The molecular formula is C47H86N8O4. The minimum Gasteiger partial charge on any atom is -0.481 e. The van der Waals surface area contributed by atoms with E-state index in [0.717, 1.165) is 89.9 Å². The Morgan fingerprint density at radius 3 is 1.39 bits per heavy atom. The van der Waals surface area contributed by atoms with E-state index in [1.807, 2.05) is 0 Å². The number of hydrogen-bond donors (Lipinski definition) is 4. The normalized spacial score (nSPS) is 24.4. The molecule has 12 nitrogen and oxygen atoms in total. The Morgan fingerprint density at radius 2 is 1.02 bits per heavy atom. The van der Waals surface area contributed by atoms with Crippen LogP contribution in [0, 0.1) is 11.8 Å². The molecule has 4 aliphatic rings. The van der Waals surface area contributed by atoms with Gasteiger partial charge in [-0.2, -0.15) is 25.1 Å². The number of carbonyl (C=O) groups is 1. The van der Waals surface area contributed by atoms with E-state index < -0.39 is 5.97 Å². The van der Waals surface area contributed by atoms with Crippen molar-refractivity contribution in [3.63, 3.8) is 0 Å². The summed E-state index contributed by atoms with van der Waals surface area (Å²) in [6.45, 7) is 24.1. The second kappa shape index (κ2) is 21.2. The molecule has 0 aromatic carbocycles. The highest BCUT2D eigenvalue weighted by Crippen LogP contribution is 2.47. The average Bonchev–Trinajstić information content (AvgIpc) is 3.16. The number of aliphatic carboxylic acids is 1.